The van der Waals surface area contributed by atoms with Crippen molar-refractivity contribution in [2.24, 2.45) is 13.0 Å². The molecule has 0 aliphatic heterocycles. The van der Waals surface area contributed by atoms with Crippen LogP contribution in [0.3, 0.4) is 0 Å². The molecule has 3 aromatic heterocycles. The summed E-state index contributed by atoms with van der Waals surface area (Å²) in [5, 5.41) is 4.47. The first-order chi connectivity index (χ1) is 15.6. The number of rotatable bonds is 7. The Bertz CT molecular complexity index is 1470. The number of aromatic amines is 1. The van der Waals surface area contributed by atoms with Gasteiger partial charge in [-0.05, 0) is 24.1 Å². The minimum Gasteiger partial charge on any atom is -0.345 e. The summed E-state index contributed by atoms with van der Waals surface area (Å²) in [5.41, 5.74) is 0.441. The number of carbonyl (C=O) groups excluding carboxylic acids is 1. The van der Waals surface area contributed by atoms with Gasteiger partial charge in [-0.15, -0.1) is 0 Å². The second-order valence-corrected chi connectivity index (χ2v) is 9.88. The first kappa shape index (κ1) is 22.6. The Morgan fingerprint density at radius 1 is 1.21 bits per heavy atom. The molecule has 0 bridgehead atoms. The van der Waals surface area contributed by atoms with Crippen LogP contribution in [0.15, 0.2) is 43.0 Å². The van der Waals surface area contributed by atoms with Crippen molar-refractivity contribution in [3.63, 3.8) is 0 Å². The van der Waals surface area contributed by atoms with Gasteiger partial charge in [0.25, 0.3) is 0 Å². The number of sulfonamides is 1. The number of fused-ring (bicyclic) bond motifs is 1. The lowest BCUT2D eigenvalue weighted by Crippen LogP contribution is -2.21. The van der Waals surface area contributed by atoms with Gasteiger partial charge in [0.15, 0.2) is 5.82 Å². The van der Waals surface area contributed by atoms with Crippen LogP contribution >= 0.6 is 0 Å². The van der Waals surface area contributed by atoms with Crippen LogP contribution in [0.5, 0.6) is 0 Å². The number of hydrogen-bond donors (Lipinski definition) is 2. The molecule has 4 rings (SSSR count). The lowest BCUT2D eigenvalue weighted by Gasteiger charge is -2.13. The van der Waals surface area contributed by atoms with Crippen molar-refractivity contribution in [3.8, 4) is 11.1 Å². The van der Waals surface area contributed by atoms with Crippen molar-refractivity contribution < 1.29 is 22.0 Å². The molecule has 0 saturated carbocycles. The maximum atomic E-state index is 15.2. The first-order valence-electron chi connectivity index (χ1n) is 10.0. The molecule has 0 aliphatic carbocycles. The molecular formula is C22H21F2N5O3S. The summed E-state index contributed by atoms with van der Waals surface area (Å²) in [5.74, 6) is -3.78. The zero-order valence-electron chi connectivity index (χ0n) is 18.1. The number of nitrogens with zero attached hydrogens (tertiary/aromatic N) is 3. The van der Waals surface area contributed by atoms with Crippen LogP contribution in [0.25, 0.3) is 22.2 Å². The molecule has 8 nitrogen and oxygen atoms in total. The molecular weight excluding hydrogens is 452 g/mol. The van der Waals surface area contributed by atoms with E-state index in [4.69, 9.17) is 0 Å². The summed E-state index contributed by atoms with van der Waals surface area (Å²) in [6, 6.07) is 3.49. The van der Waals surface area contributed by atoms with E-state index in [1.54, 1.807) is 50.2 Å². The number of ketones is 1. The molecule has 3 heterocycles. The topological polar surface area (TPSA) is 110 Å². The van der Waals surface area contributed by atoms with Gasteiger partial charge >= 0.3 is 0 Å². The second kappa shape index (κ2) is 8.39. The Morgan fingerprint density at radius 3 is 2.64 bits per heavy atom. The van der Waals surface area contributed by atoms with Crippen molar-refractivity contribution in [1.82, 2.24) is 19.7 Å². The smallest absolute Gasteiger partial charge is 0.233 e. The van der Waals surface area contributed by atoms with Crippen LogP contribution in [0, 0.1) is 17.6 Å². The fourth-order valence-electron chi connectivity index (χ4n) is 3.54. The fraction of sp³-hybridized carbons (Fsp3) is 0.227. The molecule has 0 amide bonds. The Balaban J connectivity index is 1.76. The molecule has 0 fully saturated rings. The summed E-state index contributed by atoms with van der Waals surface area (Å²) in [4.78, 5) is 20.3. The molecule has 0 radical (unpaired) electrons. The van der Waals surface area contributed by atoms with Crippen molar-refractivity contribution in [1.29, 1.82) is 0 Å². The van der Waals surface area contributed by atoms with Gasteiger partial charge in [-0.2, -0.15) is 5.10 Å². The molecule has 0 saturated heterocycles. The normalized spacial score (nSPS) is 11.9. The van der Waals surface area contributed by atoms with E-state index in [2.05, 4.69) is 19.8 Å². The number of nitrogens with one attached hydrogen (secondary N) is 2. The average molecular weight is 474 g/mol. The summed E-state index contributed by atoms with van der Waals surface area (Å²) in [7, 11) is -2.12. The van der Waals surface area contributed by atoms with Crippen LogP contribution in [0.4, 0.5) is 14.5 Å². The van der Waals surface area contributed by atoms with Crippen molar-refractivity contribution in [3.05, 3.63) is 65.7 Å². The van der Waals surface area contributed by atoms with Crippen LogP contribution in [-0.4, -0.2) is 39.7 Å². The van der Waals surface area contributed by atoms with E-state index in [0.29, 0.717) is 16.6 Å². The van der Waals surface area contributed by atoms with Crippen LogP contribution in [0.1, 0.15) is 29.8 Å². The number of H-pyrrole nitrogens is 1. The SMILES string of the molecule is CC(C)CS(=O)(=O)Nc1ccc(F)c(C(=O)c2c[nH]c3ncc(-c4cnn(C)c4)cc23)c1F. The number of anilines is 1. The zero-order valence-corrected chi connectivity index (χ0v) is 18.9. The van der Waals surface area contributed by atoms with Gasteiger partial charge < -0.3 is 4.98 Å². The number of hydrogen-bond acceptors (Lipinski definition) is 5. The third kappa shape index (κ3) is 4.49. The van der Waals surface area contributed by atoms with Crippen LogP contribution in [-0.2, 0) is 17.1 Å². The Hall–Kier alpha value is -3.60. The quantitative estimate of drug-likeness (QED) is 0.396. The minimum atomic E-state index is -3.88. The van der Waals surface area contributed by atoms with E-state index in [1.807, 2.05) is 0 Å². The van der Waals surface area contributed by atoms with Crippen molar-refractivity contribution in [2.45, 2.75) is 13.8 Å². The van der Waals surface area contributed by atoms with Gasteiger partial charge in [-0.25, -0.2) is 22.2 Å². The maximum Gasteiger partial charge on any atom is 0.233 e. The summed E-state index contributed by atoms with van der Waals surface area (Å²) < 4.78 is 57.9. The lowest BCUT2D eigenvalue weighted by molar-refractivity contribution is 0.103. The van der Waals surface area contributed by atoms with E-state index in [9.17, 15) is 17.6 Å². The zero-order chi connectivity index (χ0) is 23.9. The summed E-state index contributed by atoms with van der Waals surface area (Å²) >= 11 is 0. The third-order valence-corrected chi connectivity index (χ3v) is 6.59. The molecule has 1 aromatic carbocycles. The Morgan fingerprint density at radius 2 is 1.97 bits per heavy atom. The summed E-state index contributed by atoms with van der Waals surface area (Å²) in [6.07, 6.45) is 6.31. The van der Waals surface area contributed by atoms with Gasteiger partial charge in [0, 0.05) is 47.7 Å². The van der Waals surface area contributed by atoms with Gasteiger partial charge in [0.2, 0.25) is 15.8 Å². The Labute approximate surface area is 188 Å². The van der Waals surface area contributed by atoms with Gasteiger partial charge in [0.05, 0.1) is 23.2 Å². The van der Waals surface area contributed by atoms with Crippen LogP contribution in [0.2, 0.25) is 0 Å². The number of aryl methyl sites for hydroxylation is 1. The highest BCUT2D eigenvalue weighted by Crippen LogP contribution is 2.29. The number of halogens is 2. The van der Waals surface area contributed by atoms with Gasteiger partial charge in [0.1, 0.15) is 11.5 Å². The molecule has 0 spiro atoms. The highest BCUT2D eigenvalue weighted by Gasteiger charge is 2.26. The lowest BCUT2D eigenvalue weighted by atomic mass is 10.0. The molecule has 33 heavy (non-hydrogen) atoms. The van der Waals surface area contributed by atoms with E-state index in [0.717, 1.165) is 17.7 Å². The third-order valence-electron chi connectivity index (χ3n) is 4.95. The highest BCUT2D eigenvalue weighted by atomic mass is 32.2. The van der Waals surface area contributed by atoms with Gasteiger partial charge in [-0.3, -0.25) is 14.2 Å². The fourth-order valence-corrected chi connectivity index (χ4v) is 5.00. The van der Waals surface area contributed by atoms with E-state index in [1.165, 1.54) is 6.20 Å². The largest absolute Gasteiger partial charge is 0.345 e. The molecule has 0 atom stereocenters. The average Bonchev–Trinajstić information content (AvgIpc) is 3.34. The predicted octanol–water partition coefficient (Wildman–Crippen LogP) is 3.87. The number of carbonyl (C=O) groups is 1. The molecule has 0 aliphatic rings. The highest BCUT2D eigenvalue weighted by molar-refractivity contribution is 7.92. The van der Waals surface area contributed by atoms with E-state index < -0.39 is 38.7 Å². The Kier molecular flexibility index (Phi) is 5.75. The summed E-state index contributed by atoms with van der Waals surface area (Å²) in [6.45, 7) is 3.39. The first-order valence-corrected chi connectivity index (χ1v) is 11.7. The van der Waals surface area contributed by atoms with Crippen molar-refractivity contribution >= 4 is 32.5 Å². The van der Waals surface area contributed by atoms with Crippen molar-refractivity contribution in [2.75, 3.05) is 10.5 Å². The number of aromatic nitrogens is 4. The van der Waals surface area contributed by atoms with E-state index >= 15 is 4.39 Å². The standard InChI is InChI=1S/C22H21F2N5O3S/c1-12(2)11-33(31,32)28-18-5-4-17(23)19(20(18)24)21(30)16-9-26-22-15(16)6-13(7-25-22)14-8-27-29(3)10-14/h4-10,12,28H,11H2,1-3H3,(H,25,26). The second-order valence-electron chi connectivity index (χ2n) is 8.12. The molecule has 2 N–H and O–H groups in total. The molecule has 11 heteroatoms. The molecule has 172 valence electrons. The maximum absolute atomic E-state index is 15.2. The minimum absolute atomic E-state index is 0.00299. The molecule has 4 aromatic rings. The number of benzene rings is 1. The van der Waals surface area contributed by atoms with Crippen LogP contribution < -0.4 is 4.72 Å². The monoisotopic (exact) mass is 473 g/mol. The van der Waals surface area contributed by atoms with Gasteiger partial charge in [-0.1, -0.05) is 13.8 Å². The van der Waals surface area contributed by atoms with E-state index in [-0.39, 0.29) is 17.2 Å². The molecule has 0 unspecified atom stereocenters. The predicted molar refractivity (Wildman–Crippen MR) is 120 cm³/mol. The number of pyridine rings is 1.